The molecule has 2 aromatic carbocycles. The van der Waals surface area contributed by atoms with Crippen molar-refractivity contribution in [2.75, 3.05) is 5.88 Å². The minimum Gasteiger partial charge on any atom is -0.351 e. The number of aryl methyl sites for hydroxylation is 1. The van der Waals surface area contributed by atoms with E-state index in [0.717, 1.165) is 43.2 Å². The zero-order chi connectivity index (χ0) is 21.5. The van der Waals surface area contributed by atoms with Crippen LogP contribution in [0.5, 0.6) is 0 Å². The van der Waals surface area contributed by atoms with Gasteiger partial charge in [0.2, 0.25) is 11.8 Å². The van der Waals surface area contributed by atoms with E-state index in [1.54, 1.807) is 18.2 Å². The quantitative estimate of drug-likeness (QED) is 0.635. The number of nitrogens with zero attached hydrogens (tertiary/aromatic N) is 1. The molecule has 0 saturated heterocycles. The molecule has 3 rings (SSSR count). The highest BCUT2D eigenvalue weighted by Crippen LogP contribution is 2.28. The molecule has 160 valence electrons. The van der Waals surface area contributed by atoms with Crippen molar-refractivity contribution in [2.24, 2.45) is 0 Å². The predicted octanol–water partition coefficient (Wildman–Crippen LogP) is 4.89. The molecule has 2 aromatic rings. The first-order valence-corrected chi connectivity index (χ1v) is 11.0. The van der Waals surface area contributed by atoms with Crippen molar-refractivity contribution in [3.63, 3.8) is 0 Å². The lowest BCUT2D eigenvalue weighted by Crippen LogP contribution is -2.47. The Morgan fingerprint density at radius 2 is 1.77 bits per heavy atom. The van der Waals surface area contributed by atoms with Crippen LogP contribution < -0.4 is 5.32 Å². The second-order valence-corrected chi connectivity index (χ2v) is 8.18. The Bertz CT molecular complexity index is 866. The Morgan fingerprint density at radius 3 is 2.40 bits per heavy atom. The van der Waals surface area contributed by atoms with Crippen molar-refractivity contribution in [1.82, 2.24) is 10.2 Å². The summed E-state index contributed by atoms with van der Waals surface area (Å²) in [5.41, 5.74) is 2.12. The third-order valence-electron chi connectivity index (χ3n) is 5.62. The van der Waals surface area contributed by atoms with Crippen LogP contribution >= 0.6 is 11.6 Å². The lowest BCUT2D eigenvalue weighted by Gasteiger charge is -2.33. The molecule has 0 radical (unpaired) electrons. The van der Waals surface area contributed by atoms with E-state index in [-0.39, 0.29) is 29.9 Å². The van der Waals surface area contributed by atoms with Gasteiger partial charge in [-0.15, -0.1) is 11.6 Å². The number of nitrogens with one attached hydrogen (secondary N) is 1. The van der Waals surface area contributed by atoms with Gasteiger partial charge >= 0.3 is 0 Å². The number of amides is 2. The number of halogens is 2. The second kappa shape index (κ2) is 10.6. The molecule has 1 N–H and O–H groups in total. The number of carbonyl (C=O) groups is 2. The fourth-order valence-corrected chi connectivity index (χ4v) is 4.12. The highest BCUT2D eigenvalue weighted by atomic mass is 35.5. The maximum atomic E-state index is 14.7. The number of carbonyl (C=O) groups excluding carboxylic acids is 2. The van der Waals surface area contributed by atoms with Crippen molar-refractivity contribution >= 4 is 23.4 Å². The molecule has 4 nitrogen and oxygen atoms in total. The van der Waals surface area contributed by atoms with Crippen LogP contribution in [0.4, 0.5) is 4.39 Å². The minimum absolute atomic E-state index is 0.0489. The summed E-state index contributed by atoms with van der Waals surface area (Å²) in [5.74, 6) is -1.58. The van der Waals surface area contributed by atoms with Crippen LogP contribution in [0.25, 0.3) is 0 Å². The fraction of sp³-hybridized carbons (Fsp3) is 0.417. The van der Waals surface area contributed by atoms with Crippen LogP contribution in [0.2, 0.25) is 0 Å². The van der Waals surface area contributed by atoms with Crippen LogP contribution in [0.15, 0.2) is 48.5 Å². The first-order valence-electron chi connectivity index (χ1n) is 10.5. The van der Waals surface area contributed by atoms with Gasteiger partial charge in [-0.05, 0) is 31.4 Å². The summed E-state index contributed by atoms with van der Waals surface area (Å²) < 4.78 is 14.7. The lowest BCUT2D eigenvalue weighted by molar-refractivity contribution is -0.140. The third-order valence-corrected chi connectivity index (χ3v) is 5.85. The molecule has 0 unspecified atom stereocenters. The number of hydrogen-bond donors (Lipinski definition) is 1. The molecular formula is C24H28ClFN2O2. The monoisotopic (exact) mass is 430 g/mol. The maximum Gasteiger partial charge on any atom is 0.247 e. The standard InChI is InChI=1S/C24H28ClFN2O2/c1-17-11-13-18(14-12-17)16-28(22(29)15-25)23(20-9-5-6-10-21(20)26)24(30)27-19-7-3-2-4-8-19/h5-6,9-14,19,23H,2-4,7-8,15-16H2,1H3,(H,27,30)/t23-/m1/s1. The average Bonchev–Trinajstić information content (AvgIpc) is 2.76. The van der Waals surface area contributed by atoms with Crippen molar-refractivity contribution in [3.05, 3.63) is 71.0 Å². The minimum atomic E-state index is -1.08. The number of rotatable bonds is 7. The van der Waals surface area contributed by atoms with E-state index in [0.29, 0.717) is 0 Å². The van der Waals surface area contributed by atoms with Crippen LogP contribution in [-0.4, -0.2) is 28.6 Å². The molecular weight excluding hydrogens is 403 g/mol. The van der Waals surface area contributed by atoms with E-state index in [1.165, 1.54) is 11.0 Å². The van der Waals surface area contributed by atoms with Crippen LogP contribution in [0, 0.1) is 12.7 Å². The first kappa shape index (κ1) is 22.3. The molecule has 1 aliphatic rings. The molecule has 30 heavy (non-hydrogen) atoms. The Hall–Kier alpha value is -2.40. The highest BCUT2D eigenvalue weighted by molar-refractivity contribution is 6.27. The van der Waals surface area contributed by atoms with Gasteiger partial charge in [0.25, 0.3) is 0 Å². The molecule has 1 aliphatic carbocycles. The fourth-order valence-electron chi connectivity index (χ4n) is 3.96. The van der Waals surface area contributed by atoms with Gasteiger partial charge in [0.15, 0.2) is 0 Å². The van der Waals surface area contributed by atoms with Crippen LogP contribution in [0.1, 0.15) is 54.8 Å². The molecule has 1 saturated carbocycles. The summed E-state index contributed by atoms with van der Waals surface area (Å²) in [4.78, 5) is 27.5. The van der Waals surface area contributed by atoms with Crippen molar-refractivity contribution in [3.8, 4) is 0 Å². The Balaban J connectivity index is 1.95. The van der Waals surface area contributed by atoms with Gasteiger partial charge < -0.3 is 10.2 Å². The van der Waals surface area contributed by atoms with E-state index >= 15 is 0 Å². The summed E-state index contributed by atoms with van der Waals surface area (Å²) in [6.07, 6.45) is 5.08. The van der Waals surface area contributed by atoms with Crippen LogP contribution in [0.3, 0.4) is 0 Å². The van der Waals surface area contributed by atoms with Crippen molar-refractivity contribution in [1.29, 1.82) is 0 Å². The second-order valence-electron chi connectivity index (χ2n) is 7.91. The zero-order valence-electron chi connectivity index (χ0n) is 17.2. The largest absolute Gasteiger partial charge is 0.351 e. The van der Waals surface area contributed by atoms with Crippen molar-refractivity contribution < 1.29 is 14.0 Å². The van der Waals surface area contributed by atoms with Crippen LogP contribution in [-0.2, 0) is 16.1 Å². The van der Waals surface area contributed by atoms with Gasteiger partial charge in [-0.1, -0.05) is 67.3 Å². The number of alkyl halides is 1. The van der Waals surface area contributed by atoms with E-state index in [4.69, 9.17) is 11.6 Å². The zero-order valence-corrected chi connectivity index (χ0v) is 18.0. The summed E-state index contributed by atoms with van der Waals surface area (Å²) in [5, 5.41) is 3.06. The van der Waals surface area contributed by atoms with E-state index in [1.807, 2.05) is 31.2 Å². The van der Waals surface area contributed by atoms with E-state index < -0.39 is 17.8 Å². The molecule has 0 aliphatic heterocycles. The molecule has 1 atom stereocenters. The Morgan fingerprint density at radius 1 is 1.10 bits per heavy atom. The first-order chi connectivity index (χ1) is 14.5. The van der Waals surface area contributed by atoms with Gasteiger partial charge in [0.05, 0.1) is 0 Å². The third kappa shape index (κ3) is 5.60. The SMILES string of the molecule is Cc1ccc(CN(C(=O)CCl)[C@@H](C(=O)NC2CCCCC2)c2ccccc2F)cc1. The molecule has 2 amide bonds. The molecule has 0 aromatic heterocycles. The lowest BCUT2D eigenvalue weighted by atomic mass is 9.94. The molecule has 1 fully saturated rings. The summed E-state index contributed by atoms with van der Waals surface area (Å²) in [7, 11) is 0. The normalized spacial score (nSPS) is 15.4. The highest BCUT2D eigenvalue weighted by Gasteiger charge is 2.34. The van der Waals surface area contributed by atoms with Gasteiger partial charge in [0, 0.05) is 18.2 Å². The topological polar surface area (TPSA) is 49.4 Å². The molecule has 0 spiro atoms. The number of benzene rings is 2. The Labute approximate surface area is 182 Å². The van der Waals surface area contributed by atoms with Crippen molar-refractivity contribution in [2.45, 2.75) is 57.7 Å². The van der Waals surface area contributed by atoms with Gasteiger partial charge in [-0.2, -0.15) is 0 Å². The molecule has 0 heterocycles. The summed E-state index contributed by atoms with van der Waals surface area (Å²) >= 11 is 5.89. The smallest absolute Gasteiger partial charge is 0.247 e. The van der Waals surface area contributed by atoms with Gasteiger partial charge in [-0.25, -0.2) is 4.39 Å². The van der Waals surface area contributed by atoms with E-state index in [2.05, 4.69) is 5.32 Å². The summed E-state index contributed by atoms with van der Waals surface area (Å²) in [6.45, 7) is 2.15. The molecule has 0 bridgehead atoms. The number of hydrogen-bond acceptors (Lipinski definition) is 2. The van der Waals surface area contributed by atoms with Gasteiger partial charge in [0.1, 0.15) is 17.7 Å². The average molecular weight is 431 g/mol. The summed E-state index contributed by atoms with van der Waals surface area (Å²) in [6, 6.07) is 12.8. The maximum absolute atomic E-state index is 14.7. The predicted molar refractivity (Wildman–Crippen MR) is 117 cm³/mol. The van der Waals surface area contributed by atoms with Gasteiger partial charge in [-0.3, -0.25) is 9.59 Å². The van der Waals surface area contributed by atoms with E-state index in [9.17, 15) is 14.0 Å². The molecule has 6 heteroatoms. The Kier molecular flexibility index (Phi) is 7.86.